The van der Waals surface area contributed by atoms with Gasteiger partial charge >= 0.3 is 0 Å². The predicted octanol–water partition coefficient (Wildman–Crippen LogP) is 3.66. The second-order valence-corrected chi connectivity index (χ2v) is 6.36. The molecule has 2 aromatic rings. The number of ether oxygens (including phenoxy) is 1. The first kappa shape index (κ1) is 14.5. The highest BCUT2D eigenvalue weighted by atomic mass is 16.5. The van der Waals surface area contributed by atoms with Crippen molar-refractivity contribution in [2.45, 2.75) is 44.8 Å². The molecule has 2 unspecified atom stereocenters. The molecule has 1 aromatic carbocycles. The van der Waals surface area contributed by atoms with E-state index in [-0.39, 0.29) is 5.60 Å². The van der Waals surface area contributed by atoms with Gasteiger partial charge in [0.1, 0.15) is 0 Å². The maximum Gasteiger partial charge on any atom is 0.0811 e. The third-order valence-electron chi connectivity index (χ3n) is 4.69. The van der Waals surface area contributed by atoms with E-state index in [0.717, 1.165) is 18.4 Å². The van der Waals surface area contributed by atoms with Gasteiger partial charge in [0.2, 0.25) is 0 Å². The van der Waals surface area contributed by atoms with Crippen molar-refractivity contribution < 1.29 is 4.74 Å². The zero-order chi connectivity index (χ0) is 14.7. The van der Waals surface area contributed by atoms with Crippen molar-refractivity contribution in [1.82, 2.24) is 4.98 Å². The summed E-state index contributed by atoms with van der Waals surface area (Å²) in [6.45, 7) is 3.53. The fourth-order valence-electron chi connectivity index (χ4n) is 3.50. The monoisotopic (exact) mass is 284 g/mol. The van der Waals surface area contributed by atoms with Gasteiger partial charge in [-0.25, -0.2) is 0 Å². The highest BCUT2D eigenvalue weighted by molar-refractivity contribution is 5.81. The third-order valence-corrected chi connectivity index (χ3v) is 4.69. The summed E-state index contributed by atoms with van der Waals surface area (Å²) in [4.78, 5) is 4.41. The minimum atomic E-state index is -0.137. The van der Waals surface area contributed by atoms with E-state index in [1.807, 2.05) is 18.3 Å². The molecule has 3 rings (SSSR count). The van der Waals surface area contributed by atoms with Crippen LogP contribution in [0.15, 0.2) is 36.5 Å². The summed E-state index contributed by atoms with van der Waals surface area (Å²) < 4.78 is 6.33. The van der Waals surface area contributed by atoms with Gasteiger partial charge in [-0.3, -0.25) is 4.98 Å². The molecule has 3 heteroatoms. The van der Waals surface area contributed by atoms with E-state index in [0.29, 0.717) is 19.1 Å². The first-order valence-corrected chi connectivity index (χ1v) is 7.89. The van der Waals surface area contributed by atoms with Gasteiger partial charge < -0.3 is 10.5 Å². The third kappa shape index (κ3) is 3.09. The highest BCUT2D eigenvalue weighted by Gasteiger charge is 2.34. The van der Waals surface area contributed by atoms with Crippen molar-refractivity contribution in [3.8, 4) is 0 Å². The minimum Gasteiger partial charge on any atom is -0.369 e. The van der Waals surface area contributed by atoms with Crippen LogP contribution >= 0.6 is 0 Å². The lowest BCUT2D eigenvalue weighted by Gasteiger charge is -2.39. The molecule has 0 amide bonds. The summed E-state index contributed by atoms with van der Waals surface area (Å²) in [5, 5.41) is 1.18. The van der Waals surface area contributed by atoms with Crippen LogP contribution in [0.3, 0.4) is 0 Å². The van der Waals surface area contributed by atoms with Crippen molar-refractivity contribution in [1.29, 1.82) is 0 Å². The quantitative estimate of drug-likeness (QED) is 0.932. The highest BCUT2D eigenvalue weighted by Crippen LogP contribution is 2.35. The van der Waals surface area contributed by atoms with Gasteiger partial charge in [0.15, 0.2) is 0 Å². The fraction of sp³-hybridized carbons (Fsp3) is 0.500. The number of rotatable bonds is 4. The van der Waals surface area contributed by atoms with Crippen LogP contribution in [0.1, 0.15) is 38.2 Å². The Kier molecular flexibility index (Phi) is 4.22. The van der Waals surface area contributed by atoms with Crippen LogP contribution in [0.2, 0.25) is 0 Å². The molecule has 21 heavy (non-hydrogen) atoms. The van der Waals surface area contributed by atoms with Crippen molar-refractivity contribution >= 4 is 10.9 Å². The number of para-hydroxylation sites is 1. The summed E-state index contributed by atoms with van der Waals surface area (Å²) >= 11 is 0. The standard InChI is InChI=1S/C18H24N2O/c1-14-5-4-9-18(11-14,13-19)21-12-15-8-10-20-17-7-3-2-6-16(15)17/h2-3,6-8,10,14H,4-5,9,11-13,19H2,1H3. The van der Waals surface area contributed by atoms with E-state index in [1.54, 1.807) is 0 Å². The number of nitrogens with zero attached hydrogens (tertiary/aromatic N) is 1. The molecule has 0 saturated heterocycles. The van der Waals surface area contributed by atoms with E-state index >= 15 is 0 Å². The van der Waals surface area contributed by atoms with Gasteiger partial charge in [0.05, 0.1) is 17.7 Å². The molecule has 2 atom stereocenters. The second-order valence-electron chi connectivity index (χ2n) is 6.36. The lowest BCUT2D eigenvalue weighted by Crippen LogP contribution is -2.44. The normalized spacial score (nSPS) is 26.1. The molecule has 2 N–H and O–H groups in total. The van der Waals surface area contributed by atoms with Crippen LogP contribution in [0.5, 0.6) is 0 Å². The number of hydrogen-bond acceptors (Lipinski definition) is 3. The first-order chi connectivity index (χ1) is 10.2. The molecule has 0 aliphatic heterocycles. The van der Waals surface area contributed by atoms with E-state index in [2.05, 4.69) is 30.1 Å². The van der Waals surface area contributed by atoms with E-state index in [1.165, 1.54) is 23.8 Å². The van der Waals surface area contributed by atoms with Gasteiger partial charge in [-0.15, -0.1) is 0 Å². The molecule has 0 spiro atoms. The maximum atomic E-state index is 6.33. The smallest absolute Gasteiger partial charge is 0.0811 e. The van der Waals surface area contributed by atoms with Crippen molar-refractivity contribution in [2.24, 2.45) is 11.7 Å². The second kappa shape index (κ2) is 6.12. The summed E-state index contributed by atoms with van der Waals surface area (Å²) in [7, 11) is 0. The molecule has 1 heterocycles. The number of fused-ring (bicyclic) bond motifs is 1. The van der Waals surface area contributed by atoms with E-state index in [4.69, 9.17) is 10.5 Å². The Hall–Kier alpha value is -1.45. The molecule has 1 aliphatic carbocycles. The predicted molar refractivity (Wildman–Crippen MR) is 85.9 cm³/mol. The average molecular weight is 284 g/mol. The van der Waals surface area contributed by atoms with E-state index < -0.39 is 0 Å². The van der Waals surface area contributed by atoms with Crippen LogP contribution in [0.25, 0.3) is 10.9 Å². The molecule has 112 valence electrons. The lowest BCUT2D eigenvalue weighted by atomic mass is 9.79. The fourth-order valence-corrected chi connectivity index (χ4v) is 3.50. The molecule has 1 fully saturated rings. The molecule has 3 nitrogen and oxygen atoms in total. The Morgan fingerprint density at radius 1 is 1.33 bits per heavy atom. The lowest BCUT2D eigenvalue weighted by molar-refractivity contribution is -0.0836. The van der Waals surface area contributed by atoms with Crippen LogP contribution < -0.4 is 5.73 Å². The zero-order valence-corrected chi connectivity index (χ0v) is 12.7. The number of hydrogen-bond donors (Lipinski definition) is 1. The maximum absolute atomic E-state index is 6.33. The number of benzene rings is 1. The molecular formula is C18H24N2O. The zero-order valence-electron chi connectivity index (χ0n) is 12.7. The topological polar surface area (TPSA) is 48.1 Å². The van der Waals surface area contributed by atoms with Crippen molar-refractivity contribution in [2.75, 3.05) is 6.54 Å². The molecule has 0 bridgehead atoms. The van der Waals surface area contributed by atoms with Gasteiger partial charge in [-0.2, -0.15) is 0 Å². The van der Waals surface area contributed by atoms with E-state index in [9.17, 15) is 0 Å². The van der Waals surface area contributed by atoms with Crippen molar-refractivity contribution in [3.63, 3.8) is 0 Å². The Morgan fingerprint density at radius 3 is 3.00 bits per heavy atom. The summed E-state index contributed by atoms with van der Waals surface area (Å²) in [6.07, 6.45) is 6.53. The van der Waals surface area contributed by atoms with Crippen molar-refractivity contribution in [3.05, 3.63) is 42.1 Å². The minimum absolute atomic E-state index is 0.137. The molecule has 1 aliphatic rings. The molecular weight excluding hydrogens is 260 g/mol. The molecule has 1 aromatic heterocycles. The SMILES string of the molecule is CC1CCCC(CN)(OCc2ccnc3ccccc23)C1. The molecule has 0 radical (unpaired) electrons. The van der Waals surface area contributed by atoms with Crippen LogP contribution in [0.4, 0.5) is 0 Å². The number of aromatic nitrogens is 1. The molecule has 1 saturated carbocycles. The van der Waals surface area contributed by atoms with Gasteiger partial charge in [-0.1, -0.05) is 38.0 Å². The Labute approximate surface area is 126 Å². The van der Waals surface area contributed by atoms with Crippen LogP contribution in [-0.2, 0) is 11.3 Å². The van der Waals surface area contributed by atoms with Crippen LogP contribution in [-0.4, -0.2) is 17.1 Å². The Morgan fingerprint density at radius 2 is 2.19 bits per heavy atom. The van der Waals surface area contributed by atoms with Gasteiger partial charge in [-0.05, 0) is 36.5 Å². The summed E-state index contributed by atoms with van der Waals surface area (Å²) in [5.41, 5.74) is 8.13. The summed E-state index contributed by atoms with van der Waals surface area (Å²) in [6, 6.07) is 10.3. The largest absolute Gasteiger partial charge is 0.369 e. The number of pyridine rings is 1. The number of nitrogens with two attached hydrogens (primary N) is 1. The first-order valence-electron chi connectivity index (χ1n) is 7.89. The summed E-state index contributed by atoms with van der Waals surface area (Å²) in [5.74, 6) is 0.705. The van der Waals surface area contributed by atoms with Gasteiger partial charge in [0.25, 0.3) is 0 Å². The van der Waals surface area contributed by atoms with Gasteiger partial charge in [0, 0.05) is 18.1 Å². The Bertz CT molecular complexity index is 608. The Balaban J connectivity index is 1.79. The average Bonchev–Trinajstić information content (AvgIpc) is 2.53. The van der Waals surface area contributed by atoms with Crippen LogP contribution in [0, 0.1) is 5.92 Å².